The summed E-state index contributed by atoms with van der Waals surface area (Å²) in [4.78, 5) is 12.4. The summed E-state index contributed by atoms with van der Waals surface area (Å²) in [7, 11) is -3.73. The minimum Gasteiger partial charge on any atom is -0.475 e. The zero-order valence-corrected chi connectivity index (χ0v) is 20.8. The number of hydrogen-bond acceptors (Lipinski definition) is 8. The summed E-state index contributed by atoms with van der Waals surface area (Å²) in [6, 6.07) is 5.67. The Morgan fingerprint density at radius 3 is 2.67 bits per heavy atom. The smallest absolute Gasteiger partial charge is 0.232 e. The number of ether oxygens (including phenoxy) is 1. The molecule has 0 saturated heterocycles. The van der Waals surface area contributed by atoms with Gasteiger partial charge in [-0.25, -0.2) is 27.2 Å². The number of aliphatic imine (C=N–C) groups is 1. The lowest BCUT2D eigenvalue weighted by Crippen LogP contribution is -2.55. The molecule has 0 spiro atoms. The topological polar surface area (TPSA) is 125 Å². The minimum absolute atomic E-state index is 0.00177. The van der Waals surface area contributed by atoms with Crippen LogP contribution in [-0.2, 0) is 21.9 Å². The molecule has 1 atom stereocenters. The van der Waals surface area contributed by atoms with Gasteiger partial charge in [-0.1, -0.05) is 6.07 Å². The van der Waals surface area contributed by atoms with Crippen LogP contribution in [0.2, 0.25) is 0 Å². The Balaban J connectivity index is 1.54. The number of sulfone groups is 1. The van der Waals surface area contributed by atoms with E-state index in [0.717, 1.165) is 12.1 Å². The first-order valence-corrected chi connectivity index (χ1v) is 12.7. The number of amidine groups is 1. The SMILES string of the molecule is CC1(c2cc(C=C(F)c3cnc(OCCn4cccn4)cn3)ccc2F)CS(=O)(=O)C(C)(C)C(N)=N1. The Hall–Kier alpha value is -3.67. The summed E-state index contributed by atoms with van der Waals surface area (Å²) in [5.74, 6) is -1.70. The average Bonchev–Trinajstić information content (AvgIpc) is 3.33. The van der Waals surface area contributed by atoms with Crippen molar-refractivity contribution in [1.82, 2.24) is 19.7 Å². The molecule has 1 unspecified atom stereocenters. The van der Waals surface area contributed by atoms with Crippen LogP contribution < -0.4 is 10.5 Å². The van der Waals surface area contributed by atoms with Crippen molar-refractivity contribution < 1.29 is 21.9 Å². The standard InChI is InChI=1S/C24H26F2N6O3S/c1-23(2)22(27)31-24(3,15-36(23,33)34)17-11-16(5-6-18(17)25)12-19(26)20-13-29-21(14-28-20)35-10-9-32-8-4-7-30-32/h4-8,11-14H,9-10,15H2,1-3H3,(H2,27,31). The van der Waals surface area contributed by atoms with Crippen LogP contribution in [0.3, 0.4) is 0 Å². The maximum absolute atomic E-state index is 14.9. The van der Waals surface area contributed by atoms with Gasteiger partial charge in [0.15, 0.2) is 15.7 Å². The van der Waals surface area contributed by atoms with Crippen LogP contribution in [0.25, 0.3) is 11.9 Å². The van der Waals surface area contributed by atoms with Crippen LogP contribution in [0.15, 0.2) is 54.0 Å². The van der Waals surface area contributed by atoms with Gasteiger partial charge in [-0.15, -0.1) is 0 Å². The number of rotatable bonds is 7. The number of benzene rings is 1. The van der Waals surface area contributed by atoms with Crippen molar-refractivity contribution in [2.45, 2.75) is 37.6 Å². The zero-order chi connectivity index (χ0) is 26.1. The second kappa shape index (κ2) is 9.41. The van der Waals surface area contributed by atoms with E-state index >= 15 is 0 Å². The second-order valence-corrected chi connectivity index (χ2v) is 11.7. The van der Waals surface area contributed by atoms with Gasteiger partial charge in [-0.05, 0) is 50.6 Å². The Bertz CT molecular complexity index is 1420. The molecule has 0 radical (unpaired) electrons. The van der Waals surface area contributed by atoms with E-state index < -0.39 is 37.5 Å². The van der Waals surface area contributed by atoms with E-state index in [1.165, 1.54) is 45.3 Å². The van der Waals surface area contributed by atoms with Gasteiger partial charge >= 0.3 is 0 Å². The molecule has 2 N–H and O–H groups in total. The molecule has 3 heterocycles. The molecule has 12 heteroatoms. The van der Waals surface area contributed by atoms with Crippen molar-refractivity contribution in [2.24, 2.45) is 10.7 Å². The number of nitrogens with two attached hydrogens (primary N) is 1. The predicted molar refractivity (Wildman–Crippen MR) is 132 cm³/mol. The van der Waals surface area contributed by atoms with E-state index in [9.17, 15) is 17.2 Å². The Morgan fingerprint density at radius 2 is 2.03 bits per heavy atom. The molecule has 36 heavy (non-hydrogen) atoms. The summed E-state index contributed by atoms with van der Waals surface area (Å²) in [6.45, 7) is 5.24. The van der Waals surface area contributed by atoms with E-state index in [4.69, 9.17) is 10.5 Å². The quantitative estimate of drug-likeness (QED) is 0.511. The van der Waals surface area contributed by atoms with Gasteiger partial charge < -0.3 is 10.5 Å². The Morgan fingerprint density at radius 1 is 1.25 bits per heavy atom. The predicted octanol–water partition coefficient (Wildman–Crippen LogP) is 3.14. The third-order valence-corrected chi connectivity index (χ3v) is 8.81. The highest BCUT2D eigenvalue weighted by atomic mass is 32.2. The van der Waals surface area contributed by atoms with Crippen LogP contribution in [0.1, 0.15) is 37.6 Å². The highest BCUT2D eigenvalue weighted by Crippen LogP contribution is 2.38. The van der Waals surface area contributed by atoms with Crippen molar-refractivity contribution in [1.29, 1.82) is 0 Å². The number of halogens is 2. The molecule has 2 aromatic heterocycles. The molecular weight excluding hydrogens is 490 g/mol. The lowest BCUT2D eigenvalue weighted by atomic mass is 9.91. The van der Waals surface area contributed by atoms with Gasteiger partial charge in [0, 0.05) is 18.0 Å². The van der Waals surface area contributed by atoms with Crippen LogP contribution in [-0.4, -0.2) is 51.1 Å². The molecule has 1 aliphatic rings. The first kappa shape index (κ1) is 25.4. The molecule has 0 bridgehead atoms. The van der Waals surface area contributed by atoms with E-state index in [1.807, 2.05) is 0 Å². The van der Waals surface area contributed by atoms with Gasteiger partial charge in [-0.3, -0.25) is 9.67 Å². The normalized spacial score (nSPS) is 21.1. The van der Waals surface area contributed by atoms with E-state index in [-0.39, 0.29) is 23.0 Å². The van der Waals surface area contributed by atoms with Crippen molar-refractivity contribution in [3.8, 4) is 5.88 Å². The second-order valence-electron chi connectivity index (χ2n) is 9.13. The van der Waals surface area contributed by atoms with Crippen LogP contribution in [0.5, 0.6) is 5.88 Å². The fourth-order valence-corrected chi connectivity index (χ4v) is 5.42. The van der Waals surface area contributed by atoms with Gasteiger partial charge in [-0.2, -0.15) is 5.10 Å². The van der Waals surface area contributed by atoms with E-state index in [1.54, 1.807) is 23.1 Å². The highest BCUT2D eigenvalue weighted by molar-refractivity contribution is 7.93. The summed E-state index contributed by atoms with van der Waals surface area (Å²) in [5.41, 5.74) is 4.75. The fourth-order valence-electron chi connectivity index (χ4n) is 3.74. The van der Waals surface area contributed by atoms with Crippen molar-refractivity contribution in [2.75, 3.05) is 12.4 Å². The number of hydrogen-bond donors (Lipinski definition) is 1. The Kier molecular flexibility index (Phi) is 6.65. The van der Waals surface area contributed by atoms with Crippen LogP contribution in [0.4, 0.5) is 8.78 Å². The molecule has 1 aliphatic heterocycles. The molecule has 190 valence electrons. The van der Waals surface area contributed by atoms with Crippen molar-refractivity contribution >= 4 is 27.6 Å². The van der Waals surface area contributed by atoms with Crippen LogP contribution in [0, 0.1) is 5.82 Å². The maximum Gasteiger partial charge on any atom is 0.232 e. The summed E-state index contributed by atoms with van der Waals surface area (Å²) in [5, 5.41) is 4.06. The minimum atomic E-state index is -3.73. The van der Waals surface area contributed by atoms with Crippen molar-refractivity contribution in [3.05, 3.63) is 71.7 Å². The van der Waals surface area contributed by atoms with E-state index in [0.29, 0.717) is 18.7 Å². The monoisotopic (exact) mass is 516 g/mol. The molecule has 9 nitrogen and oxygen atoms in total. The molecule has 1 aromatic carbocycles. The third kappa shape index (κ3) is 4.99. The third-order valence-electron chi connectivity index (χ3n) is 6.10. The van der Waals surface area contributed by atoms with E-state index in [2.05, 4.69) is 20.1 Å². The maximum atomic E-state index is 14.9. The van der Waals surface area contributed by atoms with Gasteiger partial charge in [0.25, 0.3) is 0 Å². The summed E-state index contributed by atoms with van der Waals surface area (Å²) >= 11 is 0. The number of aromatic nitrogens is 4. The lowest BCUT2D eigenvalue weighted by Gasteiger charge is -2.38. The summed E-state index contributed by atoms with van der Waals surface area (Å²) < 4.78 is 61.2. The molecule has 0 saturated carbocycles. The molecular formula is C24H26F2N6O3S. The van der Waals surface area contributed by atoms with Crippen LogP contribution >= 0.6 is 0 Å². The largest absolute Gasteiger partial charge is 0.475 e. The molecule has 4 rings (SSSR count). The molecule has 0 amide bonds. The Labute approximate surface area is 207 Å². The average molecular weight is 517 g/mol. The first-order chi connectivity index (χ1) is 16.9. The lowest BCUT2D eigenvalue weighted by molar-refractivity contribution is 0.279. The zero-order valence-electron chi connectivity index (χ0n) is 20.0. The number of nitrogens with zero attached hydrogens (tertiary/aromatic N) is 5. The molecule has 3 aromatic rings. The van der Waals surface area contributed by atoms with Crippen molar-refractivity contribution in [3.63, 3.8) is 0 Å². The fraction of sp³-hybridized carbons (Fsp3) is 0.333. The van der Waals surface area contributed by atoms with Gasteiger partial charge in [0.05, 0.1) is 24.7 Å². The highest BCUT2D eigenvalue weighted by Gasteiger charge is 2.49. The van der Waals surface area contributed by atoms with Gasteiger partial charge in [0.1, 0.15) is 34.2 Å². The first-order valence-electron chi connectivity index (χ1n) is 11.1. The summed E-state index contributed by atoms with van der Waals surface area (Å²) in [6.07, 6.45) is 7.14. The van der Waals surface area contributed by atoms with Gasteiger partial charge in [0.2, 0.25) is 5.88 Å². The molecule has 0 aliphatic carbocycles. The molecule has 0 fully saturated rings.